The van der Waals surface area contributed by atoms with E-state index in [0.29, 0.717) is 5.02 Å². The molecule has 0 saturated carbocycles. The van der Waals surface area contributed by atoms with Crippen LogP contribution in [0.2, 0.25) is 5.02 Å². The van der Waals surface area contributed by atoms with Crippen LogP contribution < -0.4 is 5.73 Å². The standard InChI is InChI=1S/C9H6ClF3N4/c10-5-2-16-17(4-5)7-1-8(9(11,12)13)15-3-6(7)14/h1-4H,14H2. The Morgan fingerprint density at radius 2 is 2.00 bits per heavy atom. The number of pyridine rings is 1. The average molecular weight is 263 g/mol. The van der Waals surface area contributed by atoms with Gasteiger partial charge in [0.1, 0.15) is 5.69 Å². The molecule has 4 nitrogen and oxygen atoms in total. The number of halogens is 4. The van der Waals surface area contributed by atoms with Crippen molar-refractivity contribution < 1.29 is 13.2 Å². The van der Waals surface area contributed by atoms with Gasteiger partial charge in [-0.15, -0.1) is 0 Å². The summed E-state index contributed by atoms with van der Waals surface area (Å²) in [6.07, 6.45) is -0.935. The molecule has 0 aromatic carbocycles. The first kappa shape index (κ1) is 11.7. The molecule has 2 N–H and O–H groups in total. The summed E-state index contributed by atoms with van der Waals surface area (Å²) in [6, 6.07) is 0.818. The molecule has 2 aromatic heterocycles. The number of nitrogens with zero attached hydrogens (tertiary/aromatic N) is 3. The van der Waals surface area contributed by atoms with Crippen molar-refractivity contribution >= 4 is 17.3 Å². The van der Waals surface area contributed by atoms with Gasteiger partial charge in [-0.1, -0.05) is 11.6 Å². The second kappa shape index (κ2) is 3.92. The second-order valence-corrected chi connectivity index (χ2v) is 3.67. The number of nitrogens with two attached hydrogens (primary N) is 1. The van der Waals surface area contributed by atoms with Gasteiger partial charge in [0.25, 0.3) is 0 Å². The van der Waals surface area contributed by atoms with E-state index in [1.807, 2.05) is 0 Å². The normalized spacial score (nSPS) is 11.8. The maximum absolute atomic E-state index is 12.5. The summed E-state index contributed by atoms with van der Waals surface area (Å²) in [5.41, 5.74) is 4.67. The summed E-state index contributed by atoms with van der Waals surface area (Å²) < 4.78 is 38.5. The van der Waals surface area contributed by atoms with Gasteiger partial charge in [-0.25, -0.2) is 9.67 Å². The molecule has 0 amide bonds. The summed E-state index contributed by atoms with van der Waals surface area (Å²) >= 11 is 5.63. The molecule has 2 heterocycles. The molecule has 0 saturated heterocycles. The predicted octanol–water partition coefficient (Wildman–Crippen LogP) is 2.52. The van der Waals surface area contributed by atoms with Gasteiger partial charge in [0.2, 0.25) is 0 Å². The Morgan fingerprint density at radius 1 is 1.29 bits per heavy atom. The number of aromatic nitrogens is 3. The number of alkyl halides is 3. The number of hydrogen-bond donors (Lipinski definition) is 1. The molecule has 2 aromatic rings. The van der Waals surface area contributed by atoms with Crippen molar-refractivity contribution in [2.75, 3.05) is 5.73 Å². The number of anilines is 1. The monoisotopic (exact) mass is 262 g/mol. The fraction of sp³-hybridized carbons (Fsp3) is 0.111. The Labute approximate surface area is 98.8 Å². The van der Waals surface area contributed by atoms with Crippen LogP contribution in [0.3, 0.4) is 0 Å². The van der Waals surface area contributed by atoms with Gasteiger partial charge in [-0.2, -0.15) is 18.3 Å². The fourth-order valence-corrected chi connectivity index (χ4v) is 1.38. The zero-order chi connectivity index (χ0) is 12.6. The number of nitrogen functional groups attached to an aromatic ring is 1. The van der Waals surface area contributed by atoms with E-state index >= 15 is 0 Å². The average Bonchev–Trinajstić information content (AvgIpc) is 2.63. The fourth-order valence-electron chi connectivity index (χ4n) is 1.24. The highest BCUT2D eigenvalue weighted by Gasteiger charge is 2.33. The van der Waals surface area contributed by atoms with Crippen LogP contribution in [-0.2, 0) is 6.18 Å². The molecule has 0 spiro atoms. The van der Waals surface area contributed by atoms with Crippen molar-refractivity contribution in [1.29, 1.82) is 0 Å². The summed E-state index contributed by atoms with van der Waals surface area (Å²) in [5.74, 6) is 0. The minimum atomic E-state index is -4.53. The smallest absolute Gasteiger partial charge is 0.396 e. The molecule has 0 radical (unpaired) electrons. The Hall–Kier alpha value is -1.76. The van der Waals surface area contributed by atoms with Crippen LogP contribution in [0.15, 0.2) is 24.7 Å². The van der Waals surface area contributed by atoms with Crippen LogP contribution in [0.25, 0.3) is 5.69 Å². The molecule has 0 fully saturated rings. The predicted molar refractivity (Wildman–Crippen MR) is 55.8 cm³/mol. The molecule has 2 rings (SSSR count). The molecule has 0 bridgehead atoms. The van der Waals surface area contributed by atoms with Crippen LogP contribution in [0.4, 0.5) is 18.9 Å². The van der Waals surface area contributed by atoms with Crippen LogP contribution in [0.5, 0.6) is 0 Å². The lowest BCUT2D eigenvalue weighted by Crippen LogP contribution is -2.11. The van der Waals surface area contributed by atoms with Crippen LogP contribution in [0, 0.1) is 0 Å². The Balaban J connectivity index is 2.54. The molecule has 0 aliphatic carbocycles. The quantitative estimate of drug-likeness (QED) is 0.859. The van der Waals surface area contributed by atoms with Gasteiger partial charge in [0.15, 0.2) is 0 Å². The Bertz CT molecular complexity index is 549. The second-order valence-electron chi connectivity index (χ2n) is 3.23. The highest BCUT2D eigenvalue weighted by molar-refractivity contribution is 6.30. The van der Waals surface area contributed by atoms with E-state index in [0.717, 1.165) is 16.9 Å². The van der Waals surface area contributed by atoms with E-state index in [1.54, 1.807) is 0 Å². The zero-order valence-electron chi connectivity index (χ0n) is 8.24. The van der Waals surface area contributed by atoms with E-state index in [1.165, 1.54) is 12.4 Å². The lowest BCUT2D eigenvalue weighted by atomic mass is 10.3. The molecule has 8 heteroatoms. The van der Waals surface area contributed by atoms with Crippen molar-refractivity contribution in [1.82, 2.24) is 14.8 Å². The molecule has 0 aliphatic rings. The molecule has 0 atom stereocenters. The Kier molecular flexibility index (Phi) is 2.70. The Morgan fingerprint density at radius 3 is 2.53 bits per heavy atom. The first-order chi connectivity index (χ1) is 7.88. The van der Waals surface area contributed by atoms with Gasteiger partial charge in [-0.05, 0) is 6.07 Å². The van der Waals surface area contributed by atoms with Gasteiger partial charge >= 0.3 is 6.18 Å². The highest BCUT2D eigenvalue weighted by Crippen LogP contribution is 2.30. The van der Waals surface area contributed by atoms with Crippen LogP contribution in [0.1, 0.15) is 5.69 Å². The highest BCUT2D eigenvalue weighted by atomic mass is 35.5. The summed E-state index contributed by atoms with van der Waals surface area (Å²) in [6.45, 7) is 0. The van der Waals surface area contributed by atoms with Crippen molar-refractivity contribution in [3.63, 3.8) is 0 Å². The van der Waals surface area contributed by atoms with E-state index in [2.05, 4.69) is 10.1 Å². The first-order valence-corrected chi connectivity index (χ1v) is 4.79. The van der Waals surface area contributed by atoms with Crippen molar-refractivity contribution in [3.8, 4) is 5.69 Å². The third-order valence-electron chi connectivity index (χ3n) is 2.00. The molecule has 0 aliphatic heterocycles. The maximum atomic E-state index is 12.5. The van der Waals surface area contributed by atoms with Gasteiger partial charge in [0, 0.05) is 6.20 Å². The molecule has 0 unspecified atom stereocenters. The third kappa shape index (κ3) is 2.33. The minimum absolute atomic E-state index is 0.0813. The summed E-state index contributed by atoms with van der Waals surface area (Å²) in [5, 5.41) is 4.08. The van der Waals surface area contributed by atoms with E-state index < -0.39 is 11.9 Å². The van der Waals surface area contributed by atoms with Gasteiger partial charge in [-0.3, -0.25) is 0 Å². The first-order valence-electron chi connectivity index (χ1n) is 4.41. The molecular formula is C9H6ClF3N4. The molecular weight excluding hydrogens is 257 g/mol. The SMILES string of the molecule is Nc1cnc(C(F)(F)F)cc1-n1cc(Cl)cn1. The topological polar surface area (TPSA) is 56.7 Å². The molecule has 17 heavy (non-hydrogen) atoms. The number of rotatable bonds is 1. The lowest BCUT2D eigenvalue weighted by molar-refractivity contribution is -0.141. The van der Waals surface area contributed by atoms with Gasteiger partial charge < -0.3 is 5.73 Å². The lowest BCUT2D eigenvalue weighted by Gasteiger charge is -2.09. The van der Waals surface area contributed by atoms with E-state index in [9.17, 15) is 13.2 Å². The largest absolute Gasteiger partial charge is 0.433 e. The van der Waals surface area contributed by atoms with Crippen molar-refractivity contribution in [2.24, 2.45) is 0 Å². The summed E-state index contributed by atoms with van der Waals surface area (Å²) in [4.78, 5) is 3.22. The van der Waals surface area contributed by atoms with Gasteiger partial charge in [0.05, 0.1) is 28.8 Å². The van der Waals surface area contributed by atoms with Crippen molar-refractivity contribution in [3.05, 3.63) is 35.4 Å². The summed E-state index contributed by atoms with van der Waals surface area (Å²) in [7, 11) is 0. The van der Waals surface area contributed by atoms with E-state index in [-0.39, 0.29) is 11.4 Å². The van der Waals surface area contributed by atoms with Crippen LogP contribution in [-0.4, -0.2) is 14.8 Å². The maximum Gasteiger partial charge on any atom is 0.433 e. The minimum Gasteiger partial charge on any atom is -0.396 e. The van der Waals surface area contributed by atoms with E-state index in [4.69, 9.17) is 17.3 Å². The van der Waals surface area contributed by atoms with Crippen molar-refractivity contribution in [2.45, 2.75) is 6.18 Å². The third-order valence-corrected chi connectivity index (χ3v) is 2.20. The number of hydrogen-bond acceptors (Lipinski definition) is 3. The van der Waals surface area contributed by atoms with Crippen LogP contribution >= 0.6 is 11.6 Å². The molecule has 90 valence electrons. The zero-order valence-corrected chi connectivity index (χ0v) is 9.00.